The van der Waals surface area contributed by atoms with Gasteiger partial charge in [0, 0.05) is 0 Å². The summed E-state index contributed by atoms with van der Waals surface area (Å²) in [6.45, 7) is 5.73. The first-order chi connectivity index (χ1) is 6.59. The molecule has 0 aliphatic heterocycles. The minimum Gasteiger partial charge on any atom is -0.382 e. The third kappa shape index (κ3) is 2.52. The molecule has 1 aliphatic rings. The first-order valence-electron chi connectivity index (χ1n) is 5.38. The second-order valence-corrected chi connectivity index (χ2v) is 6.58. The summed E-state index contributed by atoms with van der Waals surface area (Å²) < 4.78 is 26.9. The zero-order valence-corrected chi connectivity index (χ0v) is 11.1. The molecule has 2 atom stereocenters. The highest BCUT2D eigenvalue weighted by Gasteiger charge is 2.58. The lowest BCUT2D eigenvalue weighted by Gasteiger charge is -2.48. The van der Waals surface area contributed by atoms with Gasteiger partial charge in [-0.15, -0.1) is 0 Å². The van der Waals surface area contributed by atoms with Gasteiger partial charge < -0.3 is 5.11 Å². The highest BCUT2D eigenvalue weighted by atomic mass is 79.9. The molecule has 1 fully saturated rings. The van der Waals surface area contributed by atoms with Crippen molar-refractivity contribution in [1.82, 2.24) is 0 Å². The van der Waals surface area contributed by atoms with E-state index in [1.807, 2.05) is 20.8 Å². The maximum absolute atomic E-state index is 13.4. The van der Waals surface area contributed by atoms with Crippen LogP contribution in [0.2, 0.25) is 0 Å². The minimum atomic E-state index is -3.20. The van der Waals surface area contributed by atoms with E-state index in [9.17, 15) is 13.9 Å². The third-order valence-corrected chi connectivity index (χ3v) is 4.10. The van der Waals surface area contributed by atoms with Gasteiger partial charge in [0.05, 0.1) is 0 Å². The minimum absolute atomic E-state index is 0.174. The van der Waals surface area contributed by atoms with E-state index in [4.69, 9.17) is 0 Å². The molecule has 0 aromatic rings. The second kappa shape index (κ2) is 3.95. The van der Waals surface area contributed by atoms with Crippen molar-refractivity contribution in [1.29, 1.82) is 0 Å². The van der Waals surface area contributed by atoms with Crippen LogP contribution < -0.4 is 0 Å². The van der Waals surface area contributed by atoms with Gasteiger partial charge in [-0.1, -0.05) is 33.6 Å². The number of rotatable bonds is 1. The average Bonchev–Trinajstić information content (AvgIpc) is 2.00. The molecule has 0 saturated heterocycles. The summed E-state index contributed by atoms with van der Waals surface area (Å²) in [4.78, 5) is -3.20. The van der Waals surface area contributed by atoms with E-state index in [0.29, 0.717) is 12.8 Å². The van der Waals surface area contributed by atoms with Crippen LogP contribution >= 0.6 is 15.9 Å². The van der Waals surface area contributed by atoms with Crippen LogP contribution in [0.15, 0.2) is 0 Å². The summed E-state index contributed by atoms with van der Waals surface area (Å²) in [5.74, 6) is -0.367. The van der Waals surface area contributed by atoms with Gasteiger partial charge in [0.25, 0.3) is 0 Å². The molecule has 0 heterocycles. The van der Waals surface area contributed by atoms with Crippen LogP contribution in [-0.4, -0.2) is 15.5 Å². The number of alkyl halides is 3. The summed E-state index contributed by atoms with van der Waals surface area (Å²) in [7, 11) is 0. The summed E-state index contributed by atoms with van der Waals surface area (Å²) in [5.41, 5.74) is -2.20. The van der Waals surface area contributed by atoms with E-state index < -0.39 is 10.4 Å². The molecule has 0 spiro atoms. The fourth-order valence-corrected chi connectivity index (χ4v) is 3.12. The van der Waals surface area contributed by atoms with Crippen molar-refractivity contribution in [3.63, 3.8) is 0 Å². The molecule has 0 aromatic heterocycles. The average molecular weight is 285 g/mol. The van der Waals surface area contributed by atoms with E-state index >= 15 is 0 Å². The monoisotopic (exact) mass is 284 g/mol. The van der Waals surface area contributed by atoms with Crippen molar-refractivity contribution in [2.45, 2.75) is 56.9 Å². The van der Waals surface area contributed by atoms with Gasteiger partial charge in [-0.25, -0.2) is 0 Å². The molecular formula is C11H19BrF2O. The number of aliphatic hydroxyl groups is 1. The summed E-state index contributed by atoms with van der Waals surface area (Å²) >= 11 is 2.35. The van der Waals surface area contributed by atoms with Gasteiger partial charge >= 0.3 is 4.83 Å². The van der Waals surface area contributed by atoms with Gasteiger partial charge in [0.2, 0.25) is 0 Å². The highest BCUT2D eigenvalue weighted by molar-refractivity contribution is 9.10. The van der Waals surface area contributed by atoms with Crippen LogP contribution in [0.3, 0.4) is 0 Å². The first kappa shape index (κ1) is 13.4. The largest absolute Gasteiger partial charge is 0.382 e. The molecule has 0 amide bonds. The predicted octanol–water partition coefficient (Wildman–Crippen LogP) is 3.94. The summed E-state index contributed by atoms with van der Waals surface area (Å²) in [6.07, 6.45) is 2.44. The Labute approximate surface area is 98.4 Å². The molecule has 15 heavy (non-hydrogen) atoms. The smallest absolute Gasteiger partial charge is 0.329 e. The Balaban J connectivity index is 3.02. The van der Waals surface area contributed by atoms with Gasteiger partial charge in [0.15, 0.2) is 0 Å². The molecular weight excluding hydrogens is 266 g/mol. The molecule has 0 bridgehead atoms. The van der Waals surface area contributed by atoms with Crippen LogP contribution in [0.4, 0.5) is 8.78 Å². The standard InChI is InChI=1S/C11H19BrF2O/c1-9(2,3)8-6-4-5-7-10(8,15)11(12,13)14/h8,15H,4-7H2,1-3H3. The Bertz CT molecular complexity index is 232. The van der Waals surface area contributed by atoms with E-state index in [1.54, 1.807) is 0 Å². The lowest BCUT2D eigenvalue weighted by Crippen LogP contribution is -2.56. The predicted molar refractivity (Wildman–Crippen MR) is 60.2 cm³/mol. The normalized spacial score (nSPS) is 34.2. The molecule has 4 heteroatoms. The molecule has 2 unspecified atom stereocenters. The van der Waals surface area contributed by atoms with Crippen molar-refractivity contribution >= 4 is 15.9 Å². The van der Waals surface area contributed by atoms with Gasteiger partial charge in [0.1, 0.15) is 5.60 Å². The molecule has 1 nitrogen and oxygen atoms in total. The quantitative estimate of drug-likeness (QED) is 0.723. The van der Waals surface area contributed by atoms with Gasteiger partial charge in [-0.2, -0.15) is 8.78 Å². The van der Waals surface area contributed by atoms with E-state index in [1.165, 1.54) is 0 Å². The van der Waals surface area contributed by atoms with Crippen molar-refractivity contribution in [2.24, 2.45) is 11.3 Å². The second-order valence-electron chi connectivity index (χ2n) is 5.59. The van der Waals surface area contributed by atoms with Crippen LogP contribution in [0.5, 0.6) is 0 Å². The zero-order chi connectivity index (χ0) is 11.9. The first-order valence-corrected chi connectivity index (χ1v) is 6.17. The SMILES string of the molecule is CC(C)(C)C1CCCCC1(O)C(F)(F)Br. The molecule has 1 rings (SSSR count). The third-order valence-electron chi connectivity index (χ3n) is 3.41. The highest BCUT2D eigenvalue weighted by Crippen LogP contribution is 2.53. The number of hydrogen-bond acceptors (Lipinski definition) is 1. The van der Waals surface area contributed by atoms with Crippen LogP contribution in [0.25, 0.3) is 0 Å². The zero-order valence-electron chi connectivity index (χ0n) is 9.49. The van der Waals surface area contributed by atoms with Gasteiger partial charge in [-0.05, 0) is 40.1 Å². The van der Waals surface area contributed by atoms with Crippen molar-refractivity contribution in [3.05, 3.63) is 0 Å². The lowest BCUT2D eigenvalue weighted by molar-refractivity contribution is -0.188. The Morgan fingerprint density at radius 1 is 1.27 bits per heavy atom. The van der Waals surface area contributed by atoms with Crippen molar-refractivity contribution in [3.8, 4) is 0 Å². The number of hydrogen-bond donors (Lipinski definition) is 1. The summed E-state index contributed by atoms with van der Waals surface area (Å²) in [5, 5.41) is 10.2. The fraction of sp³-hybridized carbons (Fsp3) is 1.00. The molecule has 1 aliphatic carbocycles. The van der Waals surface area contributed by atoms with E-state index in [-0.39, 0.29) is 17.8 Å². The van der Waals surface area contributed by atoms with Crippen LogP contribution in [-0.2, 0) is 0 Å². The van der Waals surface area contributed by atoms with E-state index in [0.717, 1.165) is 6.42 Å². The maximum atomic E-state index is 13.4. The Morgan fingerprint density at radius 2 is 1.80 bits per heavy atom. The fourth-order valence-electron chi connectivity index (χ4n) is 2.64. The Morgan fingerprint density at radius 3 is 2.13 bits per heavy atom. The number of halogens is 3. The molecule has 1 saturated carbocycles. The van der Waals surface area contributed by atoms with Crippen LogP contribution in [0.1, 0.15) is 46.5 Å². The Hall–Kier alpha value is 0.300. The van der Waals surface area contributed by atoms with E-state index in [2.05, 4.69) is 15.9 Å². The van der Waals surface area contributed by atoms with Crippen molar-refractivity contribution < 1.29 is 13.9 Å². The van der Waals surface area contributed by atoms with Gasteiger partial charge in [-0.3, -0.25) is 0 Å². The Kier molecular flexibility index (Phi) is 3.52. The topological polar surface area (TPSA) is 20.2 Å². The molecule has 0 radical (unpaired) electrons. The van der Waals surface area contributed by atoms with Crippen molar-refractivity contribution in [2.75, 3.05) is 0 Å². The van der Waals surface area contributed by atoms with Crippen LogP contribution in [0, 0.1) is 11.3 Å². The molecule has 90 valence electrons. The summed E-state index contributed by atoms with van der Waals surface area (Å²) in [6, 6.07) is 0. The molecule has 1 N–H and O–H groups in total. The molecule has 0 aromatic carbocycles. The lowest BCUT2D eigenvalue weighted by atomic mass is 9.64. The maximum Gasteiger partial charge on any atom is 0.329 e.